The van der Waals surface area contributed by atoms with E-state index in [0.717, 1.165) is 11.3 Å². The summed E-state index contributed by atoms with van der Waals surface area (Å²) in [5, 5.41) is 3.91. The lowest BCUT2D eigenvalue weighted by Gasteiger charge is -2.06. The summed E-state index contributed by atoms with van der Waals surface area (Å²) in [7, 11) is 1.56. The summed E-state index contributed by atoms with van der Waals surface area (Å²) in [5.74, 6) is 0. The van der Waals surface area contributed by atoms with Crippen LogP contribution >= 0.6 is 0 Å². The predicted octanol–water partition coefficient (Wildman–Crippen LogP) is 2.67. The van der Waals surface area contributed by atoms with Crippen molar-refractivity contribution in [3.63, 3.8) is 0 Å². The van der Waals surface area contributed by atoms with Crippen LogP contribution in [0.2, 0.25) is 0 Å². The third-order valence-corrected chi connectivity index (χ3v) is 2.22. The normalized spacial score (nSPS) is 11.5. The van der Waals surface area contributed by atoms with Gasteiger partial charge in [-0.05, 0) is 31.9 Å². The van der Waals surface area contributed by atoms with Crippen LogP contribution in [0.25, 0.3) is 0 Å². The van der Waals surface area contributed by atoms with E-state index < -0.39 is 0 Å². The van der Waals surface area contributed by atoms with Crippen LogP contribution < -0.4 is 0 Å². The molecule has 0 spiro atoms. The van der Waals surface area contributed by atoms with E-state index in [0.29, 0.717) is 0 Å². The molecule has 0 saturated heterocycles. The quantitative estimate of drug-likeness (QED) is 0.502. The summed E-state index contributed by atoms with van der Waals surface area (Å²) in [5.41, 5.74) is 4.62. The van der Waals surface area contributed by atoms with Crippen molar-refractivity contribution in [2.45, 2.75) is 20.8 Å². The van der Waals surface area contributed by atoms with Gasteiger partial charge in [-0.1, -0.05) is 23.4 Å². The Morgan fingerprint density at radius 2 is 2.00 bits per heavy atom. The average Bonchev–Trinajstić information content (AvgIpc) is 2.10. The molecule has 0 bridgehead atoms. The van der Waals surface area contributed by atoms with Crippen LogP contribution in [0.3, 0.4) is 0 Å². The second kappa shape index (κ2) is 4.08. The maximum absolute atomic E-state index is 4.74. The van der Waals surface area contributed by atoms with Gasteiger partial charge >= 0.3 is 0 Å². The highest BCUT2D eigenvalue weighted by atomic mass is 16.6. The number of rotatable bonds is 2. The van der Waals surface area contributed by atoms with E-state index in [1.165, 1.54) is 11.1 Å². The van der Waals surface area contributed by atoms with Crippen LogP contribution in [-0.4, -0.2) is 12.8 Å². The van der Waals surface area contributed by atoms with Crippen molar-refractivity contribution in [2.75, 3.05) is 7.11 Å². The number of aryl methyl sites for hydroxylation is 1. The molecule has 0 radical (unpaired) electrons. The molecule has 0 aromatic heterocycles. The number of hydrogen-bond donors (Lipinski definition) is 0. The number of oxime groups is 1. The molecule has 0 aliphatic rings. The van der Waals surface area contributed by atoms with E-state index in [1.807, 2.05) is 13.0 Å². The van der Waals surface area contributed by atoms with Crippen LogP contribution in [0.1, 0.15) is 23.6 Å². The van der Waals surface area contributed by atoms with Gasteiger partial charge in [-0.15, -0.1) is 0 Å². The molecule has 1 aromatic carbocycles. The van der Waals surface area contributed by atoms with Crippen molar-refractivity contribution >= 4 is 5.71 Å². The van der Waals surface area contributed by atoms with Crippen molar-refractivity contribution in [2.24, 2.45) is 5.16 Å². The van der Waals surface area contributed by atoms with Crippen LogP contribution in [0, 0.1) is 13.8 Å². The first-order valence-corrected chi connectivity index (χ1v) is 4.31. The highest BCUT2D eigenvalue weighted by Crippen LogP contribution is 2.13. The molecule has 0 fully saturated rings. The third-order valence-electron chi connectivity index (χ3n) is 2.22. The Morgan fingerprint density at radius 3 is 2.62 bits per heavy atom. The molecule has 1 aromatic rings. The molecule has 0 saturated carbocycles. The van der Waals surface area contributed by atoms with E-state index >= 15 is 0 Å². The van der Waals surface area contributed by atoms with Gasteiger partial charge in [0, 0.05) is 5.56 Å². The monoisotopic (exact) mass is 177 g/mol. The topological polar surface area (TPSA) is 21.6 Å². The average molecular weight is 177 g/mol. The molecule has 2 heteroatoms. The Kier molecular flexibility index (Phi) is 3.07. The zero-order chi connectivity index (χ0) is 9.84. The minimum Gasteiger partial charge on any atom is -0.399 e. The summed E-state index contributed by atoms with van der Waals surface area (Å²) in [6.45, 7) is 6.14. The van der Waals surface area contributed by atoms with Gasteiger partial charge in [-0.25, -0.2) is 0 Å². The van der Waals surface area contributed by atoms with E-state index in [-0.39, 0.29) is 0 Å². The SMILES string of the molecule is CO/N=C(\C)c1cccc(C)c1C. The molecule has 0 amide bonds. The number of benzene rings is 1. The lowest BCUT2D eigenvalue weighted by molar-refractivity contribution is 0.213. The minimum atomic E-state index is 0.920. The Hall–Kier alpha value is -1.31. The van der Waals surface area contributed by atoms with Crippen LogP contribution in [0.4, 0.5) is 0 Å². The molecule has 1 rings (SSSR count). The molecule has 0 aliphatic heterocycles. The Labute approximate surface area is 79.2 Å². The second-order valence-corrected chi connectivity index (χ2v) is 3.11. The maximum Gasteiger partial charge on any atom is 0.106 e. The first kappa shape index (κ1) is 9.78. The second-order valence-electron chi connectivity index (χ2n) is 3.11. The lowest BCUT2D eigenvalue weighted by atomic mass is 10.0. The molecule has 0 heterocycles. The summed E-state index contributed by atoms with van der Waals surface area (Å²) in [4.78, 5) is 4.74. The summed E-state index contributed by atoms with van der Waals surface area (Å²) in [6, 6.07) is 6.19. The fourth-order valence-electron chi connectivity index (χ4n) is 1.33. The van der Waals surface area contributed by atoms with Gasteiger partial charge in [0.1, 0.15) is 7.11 Å². The van der Waals surface area contributed by atoms with Gasteiger partial charge in [-0.2, -0.15) is 0 Å². The van der Waals surface area contributed by atoms with Gasteiger partial charge in [-0.3, -0.25) is 0 Å². The van der Waals surface area contributed by atoms with Crippen LogP contribution in [-0.2, 0) is 4.84 Å². The van der Waals surface area contributed by atoms with Gasteiger partial charge < -0.3 is 4.84 Å². The molecule has 0 aliphatic carbocycles. The molecule has 70 valence electrons. The minimum absolute atomic E-state index is 0.920. The highest BCUT2D eigenvalue weighted by Gasteiger charge is 2.03. The Morgan fingerprint density at radius 1 is 1.31 bits per heavy atom. The van der Waals surface area contributed by atoms with Crippen molar-refractivity contribution < 1.29 is 4.84 Å². The fraction of sp³-hybridized carbons (Fsp3) is 0.364. The Bertz CT molecular complexity index is 329. The first-order valence-electron chi connectivity index (χ1n) is 4.31. The number of nitrogens with zero attached hydrogens (tertiary/aromatic N) is 1. The lowest BCUT2D eigenvalue weighted by Crippen LogP contribution is -1.99. The maximum atomic E-state index is 4.74. The summed E-state index contributed by atoms with van der Waals surface area (Å²) >= 11 is 0. The zero-order valence-electron chi connectivity index (χ0n) is 8.59. The van der Waals surface area contributed by atoms with Gasteiger partial charge in [0.25, 0.3) is 0 Å². The van der Waals surface area contributed by atoms with Crippen molar-refractivity contribution in [3.8, 4) is 0 Å². The third kappa shape index (κ3) is 2.08. The molecule has 13 heavy (non-hydrogen) atoms. The molecule has 0 N–H and O–H groups in total. The Balaban J connectivity index is 3.15. The van der Waals surface area contributed by atoms with Crippen LogP contribution in [0.15, 0.2) is 23.4 Å². The molecule has 0 atom stereocenters. The van der Waals surface area contributed by atoms with E-state index in [2.05, 4.69) is 31.1 Å². The number of hydrogen-bond acceptors (Lipinski definition) is 2. The fourth-order valence-corrected chi connectivity index (χ4v) is 1.33. The van der Waals surface area contributed by atoms with Gasteiger partial charge in [0.2, 0.25) is 0 Å². The smallest absolute Gasteiger partial charge is 0.106 e. The van der Waals surface area contributed by atoms with E-state index in [9.17, 15) is 0 Å². The summed E-state index contributed by atoms with van der Waals surface area (Å²) in [6.07, 6.45) is 0. The molecular weight excluding hydrogens is 162 g/mol. The van der Waals surface area contributed by atoms with Gasteiger partial charge in [0.15, 0.2) is 0 Å². The van der Waals surface area contributed by atoms with E-state index in [4.69, 9.17) is 4.84 Å². The molecule has 2 nitrogen and oxygen atoms in total. The van der Waals surface area contributed by atoms with Crippen molar-refractivity contribution in [3.05, 3.63) is 34.9 Å². The summed E-state index contributed by atoms with van der Waals surface area (Å²) < 4.78 is 0. The zero-order valence-corrected chi connectivity index (χ0v) is 8.59. The van der Waals surface area contributed by atoms with Crippen molar-refractivity contribution in [1.82, 2.24) is 0 Å². The highest BCUT2D eigenvalue weighted by molar-refractivity contribution is 5.99. The molecular formula is C11H15NO. The van der Waals surface area contributed by atoms with Gasteiger partial charge in [0.05, 0.1) is 5.71 Å². The van der Waals surface area contributed by atoms with Crippen molar-refractivity contribution in [1.29, 1.82) is 0 Å². The van der Waals surface area contributed by atoms with E-state index in [1.54, 1.807) is 7.11 Å². The first-order chi connectivity index (χ1) is 6.16. The largest absolute Gasteiger partial charge is 0.399 e. The predicted molar refractivity (Wildman–Crippen MR) is 55.1 cm³/mol. The van der Waals surface area contributed by atoms with Crippen LogP contribution in [0.5, 0.6) is 0 Å². The standard InChI is InChI=1S/C11H15NO/c1-8-6-5-7-11(9(8)2)10(3)12-13-4/h5-7H,1-4H3/b12-10+. The molecule has 0 unspecified atom stereocenters.